The molecule has 4 rings (SSSR count). The number of hydrogen-bond donors (Lipinski definition) is 1. The minimum absolute atomic E-state index is 0.133. The standard InChI is InChI=1S/C20H21FN4O2S/c1-13-4-5-14(9-17(13)21)10-22-18(26)12-28-20-24-23-19(15-6-7-15)25(20)11-16-3-2-8-27-16/h2-5,8-9,15H,6-7,10-12H2,1H3,(H,22,26). The summed E-state index contributed by atoms with van der Waals surface area (Å²) in [5.74, 6) is 2.05. The predicted octanol–water partition coefficient (Wildman–Crippen LogP) is 3.65. The number of aromatic nitrogens is 3. The number of furan rings is 1. The highest BCUT2D eigenvalue weighted by Gasteiger charge is 2.30. The van der Waals surface area contributed by atoms with Gasteiger partial charge < -0.3 is 9.73 Å². The number of carbonyl (C=O) groups is 1. The van der Waals surface area contributed by atoms with Crippen LogP contribution in [0, 0.1) is 12.7 Å². The number of amides is 1. The largest absolute Gasteiger partial charge is 0.467 e. The van der Waals surface area contributed by atoms with Crippen molar-refractivity contribution in [2.45, 2.75) is 43.9 Å². The summed E-state index contributed by atoms with van der Waals surface area (Å²) >= 11 is 1.35. The predicted molar refractivity (Wildman–Crippen MR) is 104 cm³/mol. The van der Waals surface area contributed by atoms with Gasteiger partial charge >= 0.3 is 0 Å². The first-order valence-corrected chi connectivity index (χ1v) is 10.2. The number of nitrogens with zero attached hydrogens (tertiary/aromatic N) is 3. The summed E-state index contributed by atoms with van der Waals surface area (Å²) < 4.78 is 21.1. The van der Waals surface area contributed by atoms with Crippen molar-refractivity contribution in [3.8, 4) is 0 Å². The number of hydrogen-bond acceptors (Lipinski definition) is 5. The maximum Gasteiger partial charge on any atom is 0.230 e. The summed E-state index contributed by atoms with van der Waals surface area (Å²) in [6.45, 7) is 2.56. The first-order chi connectivity index (χ1) is 13.6. The van der Waals surface area contributed by atoms with Crippen LogP contribution < -0.4 is 5.32 Å². The van der Waals surface area contributed by atoms with Gasteiger partial charge in [0.1, 0.15) is 17.4 Å². The molecule has 2 heterocycles. The second-order valence-corrected chi connectivity index (χ2v) is 7.87. The minimum Gasteiger partial charge on any atom is -0.467 e. The minimum atomic E-state index is -0.264. The van der Waals surface area contributed by atoms with Gasteiger partial charge in [0, 0.05) is 12.5 Å². The van der Waals surface area contributed by atoms with Gasteiger partial charge in [0.05, 0.1) is 18.6 Å². The lowest BCUT2D eigenvalue weighted by atomic mass is 10.1. The van der Waals surface area contributed by atoms with Crippen LogP contribution in [0.5, 0.6) is 0 Å². The molecule has 146 valence electrons. The van der Waals surface area contributed by atoms with E-state index in [9.17, 15) is 9.18 Å². The van der Waals surface area contributed by atoms with E-state index in [-0.39, 0.29) is 17.5 Å². The highest BCUT2D eigenvalue weighted by molar-refractivity contribution is 7.99. The SMILES string of the molecule is Cc1ccc(CNC(=O)CSc2nnc(C3CC3)n2Cc2ccco2)cc1F. The molecule has 0 unspecified atom stereocenters. The summed E-state index contributed by atoms with van der Waals surface area (Å²) in [7, 11) is 0. The van der Waals surface area contributed by atoms with Gasteiger partial charge in [-0.15, -0.1) is 10.2 Å². The van der Waals surface area contributed by atoms with Crippen molar-refractivity contribution in [1.29, 1.82) is 0 Å². The average molecular weight is 400 g/mol. The molecule has 0 bridgehead atoms. The van der Waals surface area contributed by atoms with E-state index in [2.05, 4.69) is 15.5 Å². The Balaban J connectivity index is 1.36. The molecule has 28 heavy (non-hydrogen) atoms. The molecule has 1 saturated carbocycles. The van der Waals surface area contributed by atoms with E-state index in [0.717, 1.165) is 30.0 Å². The summed E-state index contributed by atoms with van der Waals surface area (Å²) in [4.78, 5) is 12.2. The van der Waals surface area contributed by atoms with Crippen LogP contribution in [0.1, 0.15) is 41.5 Å². The Morgan fingerprint density at radius 1 is 1.36 bits per heavy atom. The third kappa shape index (κ3) is 4.44. The zero-order valence-corrected chi connectivity index (χ0v) is 16.3. The van der Waals surface area contributed by atoms with Crippen LogP contribution >= 0.6 is 11.8 Å². The molecule has 0 aliphatic heterocycles. The van der Waals surface area contributed by atoms with Crippen molar-refractivity contribution in [1.82, 2.24) is 20.1 Å². The van der Waals surface area contributed by atoms with Gasteiger partial charge in [-0.25, -0.2) is 4.39 Å². The Labute approximate surface area is 166 Å². The molecule has 1 fully saturated rings. The number of carbonyl (C=O) groups excluding carboxylic acids is 1. The Kier molecular flexibility index (Phi) is 5.47. The third-order valence-corrected chi connectivity index (χ3v) is 5.61. The molecule has 1 aromatic carbocycles. The van der Waals surface area contributed by atoms with Crippen molar-refractivity contribution in [2.75, 3.05) is 5.75 Å². The van der Waals surface area contributed by atoms with E-state index in [1.165, 1.54) is 17.8 Å². The van der Waals surface area contributed by atoms with E-state index in [4.69, 9.17) is 4.42 Å². The van der Waals surface area contributed by atoms with Gasteiger partial charge in [-0.05, 0) is 49.1 Å². The molecular formula is C20H21FN4O2S. The maximum atomic E-state index is 13.6. The normalized spacial score (nSPS) is 13.6. The average Bonchev–Trinajstić information content (AvgIpc) is 3.25. The fourth-order valence-corrected chi connectivity index (χ4v) is 3.66. The fourth-order valence-electron chi connectivity index (χ4n) is 2.89. The van der Waals surface area contributed by atoms with Crippen LogP contribution in [-0.2, 0) is 17.9 Å². The van der Waals surface area contributed by atoms with Gasteiger partial charge in [-0.1, -0.05) is 23.9 Å². The molecule has 0 spiro atoms. The summed E-state index contributed by atoms with van der Waals surface area (Å²) in [6.07, 6.45) is 3.88. The number of nitrogens with one attached hydrogen (secondary N) is 1. The van der Waals surface area contributed by atoms with E-state index in [1.54, 1.807) is 19.3 Å². The number of aryl methyl sites for hydroxylation is 1. The molecule has 1 amide bonds. The van der Waals surface area contributed by atoms with E-state index < -0.39 is 0 Å². The van der Waals surface area contributed by atoms with Gasteiger partial charge in [0.2, 0.25) is 5.91 Å². The monoisotopic (exact) mass is 400 g/mol. The molecule has 3 aromatic rings. The Bertz CT molecular complexity index is 967. The molecule has 8 heteroatoms. The van der Waals surface area contributed by atoms with Crippen LogP contribution in [0.4, 0.5) is 4.39 Å². The molecule has 1 N–H and O–H groups in total. The van der Waals surface area contributed by atoms with Crippen LogP contribution in [-0.4, -0.2) is 26.4 Å². The molecule has 2 aromatic heterocycles. The van der Waals surface area contributed by atoms with E-state index in [0.29, 0.717) is 29.7 Å². The number of benzene rings is 1. The first-order valence-electron chi connectivity index (χ1n) is 9.20. The molecular weight excluding hydrogens is 379 g/mol. The van der Waals surface area contributed by atoms with Crippen molar-refractivity contribution >= 4 is 17.7 Å². The summed E-state index contributed by atoms with van der Waals surface area (Å²) in [5, 5.41) is 12.1. The molecule has 1 aliphatic carbocycles. The lowest BCUT2D eigenvalue weighted by Crippen LogP contribution is -2.24. The second kappa shape index (κ2) is 8.18. The molecule has 1 aliphatic rings. The van der Waals surface area contributed by atoms with Crippen molar-refractivity contribution < 1.29 is 13.6 Å². The van der Waals surface area contributed by atoms with E-state index >= 15 is 0 Å². The number of thioether (sulfide) groups is 1. The van der Waals surface area contributed by atoms with Gasteiger partial charge in [0.25, 0.3) is 0 Å². The van der Waals surface area contributed by atoms with E-state index in [1.807, 2.05) is 22.8 Å². The fraction of sp³-hybridized carbons (Fsp3) is 0.350. The molecule has 0 saturated heterocycles. The Morgan fingerprint density at radius 3 is 2.93 bits per heavy atom. The van der Waals surface area contributed by atoms with Gasteiger partial charge in [-0.3, -0.25) is 9.36 Å². The molecule has 6 nitrogen and oxygen atoms in total. The molecule has 0 atom stereocenters. The topological polar surface area (TPSA) is 73.0 Å². The molecule has 0 radical (unpaired) electrons. The number of halogens is 1. The maximum absolute atomic E-state index is 13.6. The Morgan fingerprint density at radius 2 is 2.21 bits per heavy atom. The van der Waals surface area contributed by atoms with Crippen LogP contribution in [0.3, 0.4) is 0 Å². The van der Waals surface area contributed by atoms with Crippen LogP contribution in [0.15, 0.2) is 46.2 Å². The third-order valence-electron chi connectivity index (χ3n) is 4.64. The quantitative estimate of drug-likeness (QED) is 0.584. The van der Waals surface area contributed by atoms with Crippen LogP contribution in [0.2, 0.25) is 0 Å². The zero-order chi connectivity index (χ0) is 19.5. The summed E-state index contributed by atoms with van der Waals surface area (Å²) in [6, 6.07) is 8.74. The zero-order valence-electron chi connectivity index (χ0n) is 15.5. The van der Waals surface area contributed by atoms with Crippen LogP contribution in [0.25, 0.3) is 0 Å². The van der Waals surface area contributed by atoms with Crippen molar-refractivity contribution in [2.24, 2.45) is 0 Å². The summed E-state index contributed by atoms with van der Waals surface area (Å²) in [5.41, 5.74) is 1.33. The highest BCUT2D eigenvalue weighted by Crippen LogP contribution is 2.40. The first kappa shape index (κ1) is 18.7. The lowest BCUT2D eigenvalue weighted by molar-refractivity contribution is -0.118. The van der Waals surface area contributed by atoms with Gasteiger partial charge in [0.15, 0.2) is 5.16 Å². The highest BCUT2D eigenvalue weighted by atomic mass is 32.2. The lowest BCUT2D eigenvalue weighted by Gasteiger charge is -2.09. The van der Waals surface area contributed by atoms with Crippen molar-refractivity contribution in [3.05, 3.63) is 65.1 Å². The van der Waals surface area contributed by atoms with Gasteiger partial charge in [-0.2, -0.15) is 0 Å². The van der Waals surface area contributed by atoms with Crippen molar-refractivity contribution in [3.63, 3.8) is 0 Å². The second-order valence-electron chi connectivity index (χ2n) is 6.93. The Hall–Kier alpha value is -2.61. The number of rotatable bonds is 8. The smallest absolute Gasteiger partial charge is 0.230 e.